The molecule has 0 N–H and O–H groups in total. The maximum atomic E-state index is 13.5. The van der Waals surface area contributed by atoms with Crippen molar-refractivity contribution in [2.45, 2.75) is 45.7 Å². The van der Waals surface area contributed by atoms with Gasteiger partial charge < -0.3 is 18.6 Å². The van der Waals surface area contributed by atoms with Crippen LogP contribution >= 0.6 is 0 Å². The topological polar surface area (TPSA) is 67.9 Å². The minimum atomic E-state index is -0.0183. The lowest BCUT2D eigenvalue weighted by atomic mass is 9.73. The third-order valence-electron chi connectivity index (χ3n) is 9.00. The predicted molar refractivity (Wildman–Crippen MR) is 149 cm³/mol. The van der Waals surface area contributed by atoms with Crippen molar-refractivity contribution in [2.24, 2.45) is 11.3 Å². The summed E-state index contributed by atoms with van der Waals surface area (Å²) in [6.07, 6.45) is 14.6. The molecule has 0 aliphatic carbocycles. The van der Waals surface area contributed by atoms with Gasteiger partial charge >= 0.3 is 0 Å². The monoisotopic (exact) mass is 512 g/mol. The van der Waals surface area contributed by atoms with Crippen LogP contribution in [0.4, 0.5) is 5.69 Å². The van der Waals surface area contributed by atoms with Gasteiger partial charge in [0.1, 0.15) is 5.65 Å². The van der Waals surface area contributed by atoms with Gasteiger partial charge in [0.05, 0.1) is 29.5 Å². The molecule has 0 aromatic carbocycles. The number of anilines is 1. The first kappa shape index (κ1) is 23.9. The smallest absolute Gasteiger partial charge is 0.260 e. The standard InChI is InChI=1S/C30H36N6O2/c1-22-4-9-33(10-5-22)16-23-2-3-28-32-24(19-35(28)17-23)18-34-11-6-25-26(29(34)37)14-31-15-27(25)36-20-30(21-36)7-12-38-13-8-30/h2-3,6,11,14-15,17,19,22H,4-5,7-10,12-13,16,18,20-21H2,1H3. The van der Waals surface area contributed by atoms with E-state index < -0.39 is 0 Å². The zero-order valence-corrected chi connectivity index (χ0v) is 22.2. The van der Waals surface area contributed by atoms with Crippen LogP contribution in [0.15, 0.2) is 54.0 Å². The summed E-state index contributed by atoms with van der Waals surface area (Å²) in [4.78, 5) is 27.6. The predicted octanol–water partition coefficient (Wildman–Crippen LogP) is 3.94. The van der Waals surface area contributed by atoms with Gasteiger partial charge in [-0.1, -0.05) is 13.0 Å². The maximum absolute atomic E-state index is 13.5. The highest BCUT2D eigenvalue weighted by molar-refractivity contribution is 5.93. The molecule has 8 heteroatoms. The third kappa shape index (κ3) is 4.39. The molecule has 3 fully saturated rings. The van der Waals surface area contributed by atoms with Crippen LogP contribution in [0.5, 0.6) is 0 Å². The SMILES string of the molecule is CC1CCN(Cc2ccc3nc(Cn4ccc5c(N6CC7(CCOCC7)C6)cncc5c4=O)cn3c2)CC1. The van der Waals surface area contributed by atoms with Crippen LogP contribution in [0.2, 0.25) is 0 Å². The molecule has 8 nitrogen and oxygen atoms in total. The number of pyridine rings is 3. The first-order chi connectivity index (χ1) is 18.6. The van der Waals surface area contributed by atoms with Crippen molar-refractivity contribution in [3.05, 3.63) is 70.8 Å². The van der Waals surface area contributed by atoms with E-state index in [0.29, 0.717) is 17.3 Å². The van der Waals surface area contributed by atoms with E-state index in [1.54, 1.807) is 10.8 Å². The van der Waals surface area contributed by atoms with Gasteiger partial charge in [-0.25, -0.2) is 4.98 Å². The number of nitrogens with zero attached hydrogens (tertiary/aromatic N) is 6. The van der Waals surface area contributed by atoms with E-state index in [1.807, 2.05) is 12.4 Å². The molecule has 38 heavy (non-hydrogen) atoms. The minimum Gasteiger partial charge on any atom is -0.381 e. The van der Waals surface area contributed by atoms with Crippen LogP contribution in [0, 0.1) is 11.3 Å². The molecular weight excluding hydrogens is 476 g/mol. The molecule has 3 aliphatic heterocycles. The molecule has 7 rings (SSSR count). The van der Waals surface area contributed by atoms with E-state index in [0.717, 1.165) is 74.0 Å². The number of hydrogen-bond acceptors (Lipinski definition) is 6. The van der Waals surface area contributed by atoms with Gasteiger partial charge in [0.2, 0.25) is 0 Å². The Hall–Kier alpha value is -3.23. The van der Waals surface area contributed by atoms with E-state index in [9.17, 15) is 4.79 Å². The van der Waals surface area contributed by atoms with Gasteiger partial charge in [0, 0.05) is 68.4 Å². The second-order valence-electron chi connectivity index (χ2n) is 11.8. The van der Waals surface area contributed by atoms with Crippen molar-refractivity contribution < 1.29 is 4.74 Å². The summed E-state index contributed by atoms with van der Waals surface area (Å²) >= 11 is 0. The van der Waals surface area contributed by atoms with Crippen LogP contribution in [0.25, 0.3) is 16.4 Å². The number of imidazole rings is 1. The van der Waals surface area contributed by atoms with Crippen LogP contribution in [-0.4, -0.2) is 63.2 Å². The highest BCUT2D eigenvalue weighted by Crippen LogP contribution is 2.43. The Bertz CT molecular complexity index is 1520. The second kappa shape index (κ2) is 9.50. The van der Waals surface area contributed by atoms with Crippen molar-refractivity contribution in [1.82, 2.24) is 23.8 Å². The van der Waals surface area contributed by atoms with Crippen molar-refractivity contribution in [1.29, 1.82) is 0 Å². The molecule has 0 unspecified atom stereocenters. The van der Waals surface area contributed by atoms with Crippen LogP contribution in [0.3, 0.4) is 0 Å². The molecule has 4 aromatic heterocycles. The van der Waals surface area contributed by atoms with E-state index >= 15 is 0 Å². The normalized spacial score (nSPS) is 20.4. The molecule has 3 aliphatic rings. The molecule has 0 amide bonds. The molecule has 7 heterocycles. The molecule has 198 valence electrons. The minimum absolute atomic E-state index is 0.0183. The van der Waals surface area contributed by atoms with Crippen LogP contribution in [0.1, 0.15) is 43.9 Å². The fourth-order valence-corrected chi connectivity index (χ4v) is 6.54. The van der Waals surface area contributed by atoms with Crippen molar-refractivity contribution >= 4 is 22.1 Å². The Balaban J connectivity index is 1.10. The quantitative estimate of drug-likeness (QED) is 0.404. The number of rotatable bonds is 5. The number of fused-ring (bicyclic) bond motifs is 2. The van der Waals surface area contributed by atoms with Gasteiger partial charge in [-0.15, -0.1) is 0 Å². The molecule has 0 saturated carbocycles. The molecule has 0 radical (unpaired) electrons. The summed E-state index contributed by atoms with van der Waals surface area (Å²) in [6.45, 7) is 9.84. The van der Waals surface area contributed by atoms with Crippen LogP contribution in [-0.2, 0) is 17.8 Å². The highest BCUT2D eigenvalue weighted by Gasteiger charge is 2.44. The Labute approximate surface area is 222 Å². The van der Waals surface area contributed by atoms with Gasteiger partial charge in [-0.05, 0) is 62.4 Å². The van der Waals surface area contributed by atoms with E-state index in [2.05, 4.69) is 56.7 Å². The average Bonchev–Trinajstić information content (AvgIpc) is 3.32. The summed E-state index contributed by atoms with van der Waals surface area (Å²) in [5, 5.41) is 1.65. The fraction of sp³-hybridized carbons (Fsp3) is 0.500. The van der Waals surface area contributed by atoms with Crippen molar-refractivity contribution in [3.63, 3.8) is 0 Å². The summed E-state index contributed by atoms with van der Waals surface area (Å²) < 4.78 is 9.41. The fourth-order valence-electron chi connectivity index (χ4n) is 6.54. The zero-order valence-electron chi connectivity index (χ0n) is 22.2. The summed E-state index contributed by atoms with van der Waals surface area (Å²) in [5.74, 6) is 0.839. The molecule has 3 saturated heterocycles. The zero-order chi connectivity index (χ0) is 25.7. The molecular formula is C30H36N6O2. The lowest BCUT2D eigenvalue weighted by Gasteiger charge is -2.53. The van der Waals surface area contributed by atoms with Crippen molar-refractivity contribution in [3.8, 4) is 0 Å². The molecule has 0 atom stereocenters. The average molecular weight is 513 g/mol. The molecule has 4 aromatic rings. The van der Waals surface area contributed by atoms with E-state index in [4.69, 9.17) is 9.72 Å². The molecule has 0 bridgehead atoms. The Morgan fingerprint density at radius 2 is 1.82 bits per heavy atom. The Morgan fingerprint density at radius 3 is 2.63 bits per heavy atom. The Kier molecular flexibility index (Phi) is 5.97. The van der Waals surface area contributed by atoms with Gasteiger partial charge in [-0.3, -0.25) is 14.7 Å². The second-order valence-corrected chi connectivity index (χ2v) is 11.8. The summed E-state index contributed by atoms with van der Waals surface area (Å²) in [5.41, 5.74) is 4.50. The number of aromatic nitrogens is 4. The summed E-state index contributed by atoms with van der Waals surface area (Å²) in [6, 6.07) is 6.33. The first-order valence-electron chi connectivity index (χ1n) is 14.0. The highest BCUT2D eigenvalue weighted by atomic mass is 16.5. The van der Waals surface area contributed by atoms with Gasteiger partial charge in [-0.2, -0.15) is 0 Å². The maximum Gasteiger partial charge on any atom is 0.260 e. The largest absolute Gasteiger partial charge is 0.381 e. The first-order valence-corrected chi connectivity index (χ1v) is 14.0. The number of hydrogen-bond donors (Lipinski definition) is 0. The van der Waals surface area contributed by atoms with E-state index in [-0.39, 0.29) is 5.56 Å². The number of ether oxygens (including phenoxy) is 1. The number of piperidine rings is 1. The van der Waals surface area contributed by atoms with Crippen molar-refractivity contribution in [2.75, 3.05) is 44.3 Å². The lowest BCUT2D eigenvalue weighted by Crippen LogP contribution is -2.58. The van der Waals surface area contributed by atoms with Gasteiger partial charge in [0.15, 0.2) is 0 Å². The van der Waals surface area contributed by atoms with Crippen LogP contribution < -0.4 is 10.5 Å². The van der Waals surface area contributed by atoms with Gasteiger partial charge in [0.25, 0.3) is 5.56 Å². The lowest BCUT2D eigenvalue weighted by molar-refractivity contribution is -0.000118. The molecule has 1 spiro atoms. The third-order valence-corrected chi connectivity index (χ3v) is 9.00. The number of likely N-dealkylation sites (tertiary alicyclic amines) is 1. The summed E-state index contributed by atoms with van der Waals surface area (Å²) in [7, 11) is 0. The Morgan fingerprint density at radius 1 is 1.00 bits per heavy atom. The van der Waals surface area contributed by atoms with E-state index in [1.165, 1.54) is 31.5 Å².